The van der Waals surface area contributed by atoms with Gasteiger partial charge in [0.25, 0.3) is 0 Å². The van der Waals surface area contributed by atoms with Gasteiger partial charge in [-0.15, -0.1) is 11.3 Å². The third-order valence-corrected chi connectivity index (χ3v) is 9.03. The van der Waals surface area contributed by atoms with Gasteiger partial charge in [0, 0.05) is 41.3 Å². The number of aromatic nitrogens is 2. The molecule has 5 rings (SSSR count). The minimum absolute atomic E-state index is 0.00477. The second kappa shape index (κ2) is 8.56. The second-order valence-corrected chi connectivity index (χ2v) is 11.1. The van der Waals surface area contributed by atoms with Gasteiger partial charge >= 0.3 is 6.18 Å². The normalized spacial score (nSPS) is 30.2. The molecule has 0 aromatic carbocycles. The highest BCUT2D eigenvalue weighted by molar-refractivity contribution is 7.12. The van der Waals surface area contributed by atoms with Gasteiger partial charge in [-0.2, -0.15) is 18.3 Å². The van der Waals surface area contributed by atoms with Crippen molar-refractivity contribution in [1.29, 1.82) is 0 Å². The first-order chi connectivity index (χ1) is 16.0. The number of aliphatic hydroxyl groups excluding tert-OH is 2. The van der Waals surface area contributed by atoms with Crippen molar-refractivity contribution in [1.82, 2.24) is 14.7 Å². The zero-order valence-electron chi connectivity index (χ0n) is 19.0. The van der Waals surface area contributed by atoms with Crippen LogP contribution in [0.25, 0.3) is 0 Å². The fraction of sp³-hybridized carbons (Fsp3) is 0.696. The molecule has 1 spiro atoms. The van der Waals surface area contributed by atoms with Crippen LogP contribution in [0.15, 0.2) is 18.5 Å². The van der Waals surface area contributed by atoms with E-state index >= 15 is 0 Å². The predicted molar refractivity (Wildman–Crippen MR) is 118 cm³/mol. The van der Waals surface area contributed by atoms with E-state index in [1.807, 2.05) is 13.1 Å². The van der Waals surface area contributed by atoms with E-state index < -0.39 is 34.5 Å². The number of halogens is 3. The van der Waals surface area contributed by atoms with Crippen molar-refractivity contribution in [3.63, 3.8) is 0 Å². The first-order valence-electron chi connectivity index (χ1n) is 11.7. The Balaban J connectivity index is 1.26. The van der Waals surface area contributed by atoms with Crippen molar-refractivity contribution >= 4 is 11.3 Å². The molecule has 1 saturated carbocycles. The number of nitrogens with zero attached hydrogens (tertiary/aromatic N) is 3. The van der Waals surface area contributed by atoms with E-state index in [2.05, 4.69) is 10.00 Å². The van der Waals surface area contributed by atoms with Crippen LogP contribution < -0.4 is 0 Å². The first-order valence-corrected chi connectivity index (χ1v) is 12.5. The zero-order chi connectivity index (χ0) is 24.3. The number of aliphatic hydroxyl groups is 3. The molecule has 0 amide bonds. The Morgan fingerprint density at radius 2 is 2.09 bits per heavy atom. The molecule has 7 nitrogen and oxygen atoms in total. The van der Waals surface area contributed by atoms with E-state index in [0.29, 0.717) is 60.6 Å². The molecule has 2 aromatic heterocycles. The van der Waals surface area contributed by atoms with Gasteiger partial charge in [-0.25, -0.2) is 0 Å². The van der Waals surface area contributed by atoms with Gasteiger partial charge in [0.2, 0.25) is 0 Å². The topological polar surface area (TPSA) is 91.0 Å². The molecule has 34 heavy (non-hydrogen) atoms. The smallest absolute Gasteiger partial charge is 0.388 e. The Kier molecular flexibility index (Phi) is 6.10. The van der Waals surface area contributed by atoms with E-state index in [1.54, 1.807) is 10.9 Å². The fourth-order valence-electron chi connectivity index (χ4n) is 5.41. The average Bonchev–Trinajstić information content (AvgIpc) is 3.39. The average molecular weight is 502 g/mol. The molecule has 2 fully saturated rings. The summed E-state index contributed by atoms with van der Waals surface area (Å²) >= 11 is 0.690. The zero-order valence-corrected chi connectivity index (χ0v) is 19.8. The third-order valence-electron chi connectivity index (χ3n) is 7.65. The maximum Gasteiger partial charge on any atom is 0.425 e. The summed E-state index contributed by atoms with van der Waals surface area (Å²) in [5.41, 5.74) is -0.517. The maximum absolute atomic E-state index is 13.4. The summed E-state index contributed by atoms with van der Waals surface area (Å²) in [5, 5.41) is 35.2. The summed E-state index contributed by atoms with van der Waals surface area (Å²) in [6.07, 6.45) is 0.451. The lowest BCUT2D eigenvalue weighted by Gasteiger charge is -2.47. The molecule has 3 aliphatic rings. The quantitative estimate of drug-likeness (QED) is 0.583. The van der Waals surface area contributed by atoms with Gasteiger partial charge in [-0.1, -0.05) is 0 Å². The Labute approximate surface area is 199 Å². The summed E-state index contributed by atoms with van der Waals surface area (Å²) in [7, 11) is 0. The van der Waals surface area contributed by atoms with Gasteiger partial charge in [0.15, 0.2) is 0 Å². The van der Waals surface area contributed by atoms with Crippen LogP contribution in [0.1, 0.15) is 66.0 Å². The minimum Gasteiger partial charge on any atom is -0.388 e. The molecule has 1 unspecified atom stereocenters. The van der Waals surface area contributed by atoms with Crippen molar-refractivity contribution in [2.45, 2.75) is 87.7 Å². The highest BCUT2D eigenvalue weighted by Gasteiger charge is 2.49. The molecule has 188 valence electrons. The number of alkyl halides is 3. The Morgan fingerprint density at radius 3 is 2.74 bits per heavy atom. The number of fused-ring (bicyclic) bond motifs is 2. The highest BCUT2D eigenvalue weighted by atomic mass is 32.1. The standard InChI is InChI=1S/C23H30F3N3O4S/c1-14-8-22(20-16(17(30)13-33-22)7-19(34-20)23(24,25)26)5-6-28(14)10-15-9-27-29(11-15)12-18(31)21(32)3-2-4-21/h7,9,11,14,17-18,30-32H,2-6,8,10,12-13H2,1H3/t14-,17+,18?,22+/m0/s1. The van der Waals surface area contributed by atoms with Gasteiger partial charge in [0.1, 0.15) is 22.7 Å². The monoisotopic (exact) mass is 501 g/mol. The molecule has 0 radical (unpaired) electrons. The Hall–Kier alpha value is -1.50. The van der Waals surface area contributed by atoms with Crippen molar-refractivity contribution in [2.24, 2.45) is 0 Å². The van der Waals surface area contributed by atoms with Crippen LogP contribution in [-0.4, -0.2) is 60.9 Å². The number of hydrogen-bond donors (Lipinski definition) is 3. The summed E-state index contributed by atoms with van der Waals surface area (Å²) in [6, 6.07) is 1.12. The van der Waals surface area contributed by atoms with Crippen molar-refractivity contribution < 1.29 is 33.2 Å². The van der Waals surface area contributed by atoms with E-state index in [4.69, 9.17) is 4.74 Å². The van der Waals surface area contributed by atoms with Crippen LogP contribution >= 0.6 is 11.3 Å². The van der Waals surface area contributed by atoms with Crippen molar-refractivity contribution in [3.8, 4) is 0 Å². The first kappa shape index (κ1) is 24.2. The minimum atomic E-state index is -4.45. The number of likely N-dealkylation sites (tertiary alicyclic amines) is 1. The molecule has 4 heterocycles. The van der Waals surface area contributed by atoms with Crippen LogP contribution in [0.4, 0.5) is 13.2 Å². The molecular weight excluding hydrogens is 471 g/mol. The SMILES string of the molecule is C[C@H]1C[C@@]2(CCN1Cc1cnn(CC(O)C3(O)CCC3)c1)OC[C@@H](O)c1cc(C(F)(F)F)sc12. The van der Waals surface area contributed by atoms with Crippen LogP contribution in [0.2, 0.25) is 0 Å². The van der Waals surface area contributed by atoms with Crippen LogP contribution in [0, 0.1) is 0 Å². The van der Waals surface area contributed by atoms with E-state index in [1.165, 1.54) is 0 Å². The predicted octanol–water partition coefficient (Wildman–Crippen LogP) is 3.18. The Morgan fingerprint density at radius 1 is 1.32 bits per heavy atom. The van der Waals surface area contributed by atoms with E-state index in [0.717, 1.165) is 18.1 Å². The molecular formula is C23H30F3N3O4S. The number of thiophene rings is 1. The van der Waals surface area contributed by atoms with E-state index in [9.17, 15) is 28.5 Å². The summed E-state index contributed by atoms with van der Waals surface area (Å²) < 4.78 is 47.7. The number of hydrogen-bond acceptors (Lipinski definition) is 7. The lowest BCUT2D eigenvalue weighted by molar-refractivity contribution is -0.139. The van der Waals surface area contributed by atoms with Crippen molar-refractivity contribution in [2.75, 3.05) is 13.2 Å². The molecule has 2 aromatic rings. The molecule has 1 saturated heterocycles. The van der Waals surface area contributed by atoms with Gasteiger partial charge in [-0.3, -0.25) is 9.58 Å². The van der Waals surface area contributed by atoms with Gasteiger partial charge < -0.3 is 20.1 Å². The van der Waals surface area contributed by atoms with Crippen LogP contribution in [0.3, 0.4) is 0 Å². The number of ether oxygens (including phenoxy) is 1. The van der Waals surface area contributed by atoms with Crippen LogP contribution in [0.5, 0.6) is 0 Å². The second-order valence-electron chi connectivity index (χ2n) is 10.0. The fourth-order valence-corrected chi connectivity index (χ4v) is 6.67. The molecule has 1 aliphatic carbocycles. The maximum atomic E-state index is 13.4. The molecule has 4 atom stereocenters. The third kappa shape index (κ3) is 4.31. The molecule has 3 N–H and O–H groups in total. The largest absolute Gasteiger partial charge is 0.425 e. The van der Waals surface area contributed by atoms with Crippen LogP contribution in [-0.2, 0) is 29.6 Å². The van der Waals surface area contributed by atoms with E-state index in [-0.39, 0.29) is 19.2 Å². The summed E-state index contributed by atoms with van der Waals surface area (Å²) in [4.78, 5) is 2.05. The summed E-state index contributed by atoms with van der Waals surface area (Å²) in [6.45, 7) is 3.51. The molecule has 11 heteroatoms. The summed E-state index contributed by atoms with van der Waals surface area (Å²) in [5.74, 6) is 0. The van der Waals surface area contributed by atoms with Crippen molar-refractivity contribution in [3.05, 3.63) is 39.3 Å². The molecule has 2 aliphatic heterocycles. The highest BCUT2D eigenvalue weighted by Crippen LogP contribution is 2.51. The number of piperidine rings is 1. The van der Waals surface area contributed by atoms with Gasteiger partial charge in [0.05, 0.1) is 24.9 Å². The number of rotatable bonds is 5. The Bertz CT molecular complexity index is 1040. The van der Waals surface area contributed by atoms with Gasteiger partial charge in [-0.05, 0) is 45.1 Å². The lowest BCUT2D eigenvalue weighted by Crippen LogP contribution is -2.50. The lowest BCUT2D eigenvalue weighted by atomic mass is 9.76. The molecule has 0 bridgehead atoms.